The van der Waals surface area contributed by atoms with Gasteiger partial charge in [-0.3, -0.25) is 4.79 Å². The number of rotatable bonds is 10. The highest BCUT2D eigenvalue weighted by Crippen LogP contribution is 2.45. The van der Waals surface area contributed by atoms with Crippen LogP contribution < -0.4 is 9.47 Å². The molecular formula is C26H38N2O4. The fraction of sp³-hybridized carbons (Fsp3) is 0.692. The van der Waals surface area contributed by atoms with Gasteiger partial charge in [-0.1, -0.05) is 19.9 Å². The zero-order valence-corrected chi connectivity index (χ0v) is 19.9. The first-order chi connectivity index (χ1) is 15.5. The van der Waals surface area contributed by atoms with Crippen LogP contribution in [0.25, 0.3) is 0 Å². The highest BCUT2D eigenvalue weighted by Gasteiger charge is 2.44. The number of carbonyl (C=O) groups excluding carboxylic acids is 1. The lowest BCUT2D eigenvalue weighted by molar-refractivity contribution is -0.154. The molecule has 2 saturated carbocycles. The largest absolute Gasteiger partial charge is 0.493 e. The van der Waals surface area contributed by atoms with Crippen LogP contribution in [-0.2, 0) is 9.53 Å². The molecule has 0 saturated heterocycles. The van der Waals surface area contributed by atoms with Crippen molar-refractivity contribution in [3.63, 3.8) is 0 Å². The van der Waals surface area contributed by atoms with E-state index in [-0.39, 0.29) is 12.1 Å². The minimum absolute atomic E-state index is 0.267. The molecule has 0 unspecified atom stereocenters. The van der Waals surface area contributed by atoms with Crippen LogP contribution in [0.2, 0.25) is 0 Å². The zero-order valence-electron chi connectivity index (χ0n) is 19.9. The fourth-order valence-electron chi connectivity index (χ4n) is 4.98. The number of carbonyl (C=O) groups is 1. The molecule has 2 aliphatic rings. The van der Waals surface area contributed by atoms with E-state index in [9.17, 15) is 10.1 Å². The van der Waals surface area contributed by atoms with E-state index < -0.39 is 5.41 Å². The fourth-order valence-corrected chi connectivity index (χ4v) is 4.98. The Balaban J connectivity index is 1.61. The Morgan fingerprint density at radius 1 is 1.12 bits per heavy atom. The Morgan fingerprint density at radius 2 is 1.81 bits per heavy atom. The van der Waals surface area contributed by atoms with Crippen LogP contribution >= 0.6 is 0 Å². The van der Waals surface area contributed by atoms with Crippen molar-refractivity contribution in [3.05, 3.63) is 23.8 Å². The minimum Gasteiger partial charge on any atom is -0.493 e. The second kappa shape index (κ2) is 11.6. The summed E-state index contributed by atoms with van der Waals surface area (Å²) >= 11 is 0. The van der Waals surface area contributed by atoms with Crippen LogP contribution in [-0.4, -0.2) is 50.3 Å². The van der Waals surface area contributed by atoms with Gasteiger partial charge in [0.2, 0.25) is 0 Å². The van der Waals surface area contributed by atoms with Crippen molar-refractivity contribution in [2.45, 2.75) is 77.2 Å². The van der Waals surface area contributed by atoms with E-state index in [1.807, 2.05) is 6.07 Å². The van der Waals surface area contributed by atoms with Crippen molar-refractivity contribution < 1.29 is 19.0 Å². The van der Waals surface area contributed by atoms with Gasteiger partial charge in [0.05, 0.1) is 19.3 Å². The minimum atomic E-state index is -1.02. The van der Waals surface area contributed by atoms with Gasteiger partial charge in [0.25, 0.3) is 0 Å². The zero-order chi connectivity index (χ0) is 23.0. The first-order valence-corrected chi connectivity index (χ1v) is 12.2. The van der Waals surface area contributed by atoms with Crippen molar-refractivity contribution in [1.29, 1.82) is 5.26 Å². The molecule has 0 aromatic heterocycles. The molecule has 0 heterocycles. The van der Waals surface area contributed by atoms with Gasteiger partial charge < -0.3 is 19.1 Å². The summed E-state index contributed by atoms with van der Waals surface area (Å²) in [5, 5.41) is 9.84. The van der Waals surface area contributed by atoms with Gasteiger partial charge in [0.15, 0.2) is 16.9 Å². The van der Waals surface area contributed by atoms with E-state index >= 15 is 0 Å². The molecule has 6 nitrogen and oxygen atoms in total. The highest BCUT2D eigenvalue weighted by atomic mass is 16.5. The highest BCUT2D eigenvalue weighted by molar-refractivity contribution is 5.80. The Morgan fingerprint density at radius 3 is 2.41 bits per heavy atom. The molecule has 0 spiro atoms. The van der Waals surface area contributed by atoms with E-state index in [1.165, 1.54) is 18.4 Å². The van der Waals surface area contributed by atoms with Gasteiger partial charge >= 0.3 is 5.97 Å². The summed E-state index contributed by atoms with van der Waals surface area (Å²) in [7, 11) is 1.67. The maximum Gasteiger partial charge on any atom is 0.326 e. The topological polar surface area (TPSA) is 71.8 Å². The number of likely N-dealkylation sites (N-methyl/N-ethyl adjacent to an activating group) is 1. The Kier molecular flexibility index (Phi) is 8.81. The van der Waals surface area contributed by atoms with Gasteiger partial charge in [-0.25, -0.2) is 0 Å². The Hall–Kier alpha value is -2.26. The first-order valence-electron chi connectivity index (χ1n) is 12.2. The molecule has 176 valence electrons. The number of methoxy groups -OCH3 is 1. The molecule has 6 heteroatoms. The van der Waals surface area contributed by atoms with E-state index in [4.69, 9.17) is 14.2 Å². The summed E-state index contributed by atoms with van der Waals surface area (Å²) in [4.78, 5) is 15.0. The van der Waals surface area contributed by atoms with Crippen molar-refractivity contribution in [2.75, 3.05) is 33.4 Å². The standard InChI is InChI=1S/C26H38N2O4/c1-4-28(5-2)16-17-31-25(29)26(19-27)14-12-20(13-15-26)21-10-11-23(30-3)24(18-21)32-22-8-6-7-9-22/h10-11,18,20,22H,4-9,12-17H2,1-3H3. The summed E-state index contributed by atoms with van der Waals surface area (Å²) in [6, 6.07) is 8.47. The third-order valence-corrected chi connectivity index (χ3v) is 7.23. The smallest absolute Gasteiger partial charge is 0.326 e. The van der Waals surface area contributed by atoms with Crippen LogP contribution in [0.4, 0.5) is 0 Å². The number of esters is 1. The van der Waals surface area contributed by atoms with Crippen molar-refractivity contribution >= 4 is 5.97 Å². The summed E-state index contributed by atoms with van der Waals surface area (Å²) in [5.74, 6) is 1.52. The molecule has 0 amide bonds. The number of ether oxygens (including phenoxy) is 3. The van der Waals surface area contributed by atoms with Crippen LogP contribution in [0.3, 0.4) is 0 Å². The Bertz CT molecular complexity index is 786. The van der Waals surface area contributed by atoms with E-state index in [2.05, 4.69) is 36.9 Å². The molecule has 0 aliphatic heterocycles. The van der Waals surface area contributed by atoms with Crippen LogP contribution in [0.15, 0.2) is 18.2 Å². The SMILES string of the molecule is CCN(CC)CCOC(=O)C1(C#N)CCC(c2ccc(OC)c(OC3CCCC3)c2)CC1. The predicted octanol–water partition coefficient (Wildman–Crippen LogP) is 5.07. The summed E-state index contributed by atoms with van der Waals surface area (Å²) < 4.78 is 17.3. The molecule has 0 N–H and O–H groups in total. The lowest BCUT2D eigenvalue weighted by Crippen LogP contribution is -2.37. The van der Waals surface area contributed by atoms with Crippen molar-refractivity contribution in [2.24, 2.45) is 5.41 Å². The number of hydrogen-bond donors (Lipinski definition) is 0. The number of nitriles is 1. The molecule has 0 bridgehead atoms. The average molecular weight is 443 g/mol. The maximum absolute atomic E-state index is 12.8. The van der Waals surface area contributed by atoms with Crippen LogP contribution in [0.5, 0.6) is 11.5 Å². The lowest BCUT2D eigenvalue weighted by atomic mass is 9.69. The maximum atomic E-state index is 12.8. The molecule has 0 atom stereocenters. The quantitative estimate of drug-likeness (QED) is 0.471. The molecule has 1 aromatic carbocycles. The molecule has 32 heavy (non-hydrogen) atoms. The number of hydrogen-bond acceptors (Lipinski definition) is 6. The number of nitrogens with zero attached hydrogens (tertiary/aromatic N) is 2. The number of benzene rings is 1. The Labute approximate surface area is 192 Å². The van der Waals surface area contributed by atoms with Crippen LogP contribution in [0, 0.1) is 16.7 Å². The molecule has 1 aromatic rings. The first kappa shape index (κ1) is 24.4. The normalized spacial score (nSPS) is 23.7. The van der Waals surface area contributed by atoms with E-state index in [0.29, 0.717) is 31.9 Å². The third-order valence-electron chi connectivity index (χ3n) is 7.23. The van der Waals surface area contributed by atoms with Gasteiger partial charge in [-0.15, -0.1) is 0 Å². The van der Waals surface area contributed by atoms with Crippen LogP contribution in [0.1, 0.15) is 76.7 Å². The van der Waals surface area contributed by atoms with Gasteiger partial charge in [-0.2, -0.15) is 5.26 Å². The molecule has 2 fully saturated rings. The van der Waals surface area contributed by atoms with Gasteiger partial charge in [0.1, 0.15) is 6.61 Å². The molecule has 2 aliphatic carbocycles. The summed E-state index contributed by atoms with van der Waals surface area (Å²) in [5.41, 5.74) is 0.176. The predicted molar refractivity (Wildman–Crippen MR) is 124 cm³/mol. The lowest BCUT2D eigenvalue weighted by Gasteiger charge is -2.33. The molecule has 0 radical (unpaired) electrons. The monoisotopic (exact) mass is 442 g/mol. The molecule has 3 rings (SSSR count). The van der Waals surface area contributed by atoms with Crippen molar-refractivity contribution in [1.82, 2.24) is 4.90 Å². The second-order valence-electron chi connectivity index (χ2n) is 9.07. The summed E-state index contributed by atoms with van der Waals surface area (Å²) in [6.07, 6.45) is 7.53. The summed E-state index contributed by atoms with van der Waals surface area (Å²) in [6.45, 7) is 7.08. The second-order valence-corrected chi connectivity index (χ2v) is 9.07. The third kappa shape index (κ3) is 5.75. The van der Waals surface area contributed by atoms with Gasteiger partial charge in [-0.05, 0) is 88.1 Å². The van der Waals surface area contributed by atoms with Crippen molar-refractivity contribution in [3.8, 4) is 17.6 Å². The van der Waals surface area contributed by atoms with Gasteiger partial charge in [0, 0.05) is 6.54 Å². The molecular weight excluding hydrogens is 404 g/mol. The van der Waals surface area contributed by atoms with E-state index in [1.54, 1.807) is 7.11 Å². The average Bonchev–Trinajstić information content (AvgIpc) is 3.35. The van der Waals surface area contributed by atoms with E-state index in [0.717, 1.165) is 50.3 Å².